The number of nitrogens with one attached hydrogen (secondary N) is 1. The van der Waals surface area contributed by atoms with E-state index in [0.29, 0.717) is 10.6 Å². The van der Waals surface area contributed by atoms with Crippen molar-refractivity contribution < 1.29 is 14.3 Å². The summed E-state index contributed by atoms with van der Waals surface area (Å²) >= 11 is 1.28. The number of thiazole rings is 1. The van der Waals surface area contributed by atoms with Gasteiger partial charge in [-0.3, -0.25) is 4.79 Å². The van der Waals surface area contributed by atoms with Gasteiger partial charge in [-0.25, -0.2) is 9.78 Å². The van der Waals surface area contributed by atoms with Crippen molar-refractivity contribution in [2.24, 2.45) is 0 Å². The number of aromatic nitrogens is 1. The van der Waals surface area contributed by atoms with Crippen molar-refractivity contribution in [2.45, 2.75) is 45.8 Å². The highest BCUT2D eigenvalue weighted by molar-refractivity contribution is 7.17. The third-order valence-corrected chi connectivity index (χ3v) is 5.94. The number of carbonyl (C=O) groups excluding carboxylic acids is 2. The first-order valence-corrected chi connectivity index (χ1v) is 10.8. The molecule has 0 saturated heterocycles. The Hall–Kier alpha value is -2.99. The van der Waals surface area contributed by atoms with E-state index < -0.39 is 12.1 Å². The first-order chi connectivity index (χ1) is 14.4. The van der Waals surface area contributed by atoms with Gasteiger partial charge in [-0.15, -0.1) is 11.3 Å². The number of carbonyl (C=O) groups is 2. The van der Waals surface area contributed by atoms with Crippen LogP contribution in [-0.2, 0) is 16.0 Å². The number of ether oxygens (including phenoxy) is 1. The molecule has 0 aliphatic rings. The van der Waals surface area contributed by atoms with Crippen LogP contribution in [0.4, 0.5) is 0 Å². The van der Waals surface area contributed by atoms with Crippen molar-refractivity contribution in [3.8, 4) is 10.6 Å². The lowest BCUT2D eigenvalue weighted by Gasteiger charge is -2.18. The summed E-state index contributed by atoms with van der Waals surface area (Å²) < 4.78 is 5.41. The third kappa shape index (κ3) is 5.76. The van der Waals surface area contributed by atoms with Crippen LogP contribution in [0.2, 0.25) is 0 Å². The molecule has 30 heavy (non-hydrogen) atoms. The Balaban J connectivity index is 1.53. The molecule has 0 bridgehead atoms. The summed E-state index contributed by atoms with van der Waals surface area (Å²) in [6, 6.07) is 19.8. The van der Waals surface area contributed by atoms with E-state index >= 15 is 0 Å². The van der Waals surface area contributed by atoms with Crippen molar-refractivity contribution in [1.29, 1.82) is 0 Å². The SMILES string of the molecule is Cc1nc(-c2ccccc2)sc1C(=O)O[C@H](C)C(=O)N[C@H](C)CCc1ccccc1. The standard InChI is InChI=1S/C24H26N2O3S/c1-16(14-15-19-10-6-4-7-11-19)25-22(27)18(3)29-24(28)21-17(2)26-23(30-21)20-12-8-5-9-13-20/h4-13,16,18H,14-15H2,1-3H3,(H,25,27)/t16-,18-/m1/s1. The van der Waals surface area contributed by atoms with Gasteiger partial charge in [0.2, 0.25) is 0 Å². The fourth-order valence-corrected chi connectivity index (χ4v) is 3.97. The minimum Gasteiger partial charge on any atom is -0.448 e. The van der Waals surface area contributed by atoms with E-state index in [4.69, 9.17) is 4.74 Å². The summed E-state index contributed by atoms with van der Waals surface area (Å²) in [4.78, 5) is 29.9. The minimum absolute atomic E-state index is 0.0197. The zero-order valence-corrected chi connectivity index (χ0v) is 18.2. The zero-order chi connectivity index (χ0) is 21.5. The lowest BCUT2D eigenvalue weighted by atomic mass is 10.1. The molecule has 156 valence electrons. The van der Waals surface area contributed by atoms with Gasteiger partial charge in [0.1, 0.15) is 9.88 Å². The van der Waals surface area contributed by atoms with E-state index in [9.17, 15) is 9.59 Å². The van der Waals surface area contributed by atoms with Crippen molar-refractivity contribution in [3.05, 3.63) is 76.8 Å². The summed E-state index contributed by atoms with van der Waals surface area (Å²) in [6.07, 6.45) is 0.808. The Morgan fingerprint density at radius 3 is 2.33 bits per heavy atom. The average molecular weight is 423 g/mol. The average Bonchev–Trinajstić information content (AvgIpc) is 3.15. The number of benzene rings is 2. The monoisotopic (exact) mass is 422 g/mol. The number of hydrogen-bond donors (Lipinski definition) is 1. The molecule has 6 heteroatoms. The molecule has 0 unspecified atom stereocenters. The molecule has 2 atom stereocenters. The van der Waals surface area contributed by atoms with Crippen LogP contribution in [0.1, 0.15) is 41.2 Å². The predicted molar refractivity (Wildman–Crippen MR) is 120 cm³/mol. The molecule has 0 spiro atoms. The Labute approximate surface area is 181 Å². The number of rotatable bonds is 8. The number of aryl methyl sites for hydroxylation is 2. The molecule has 0 radical (unpaired) electrons. The molecular formula is C24H26N2O3S. The molecule has 0 saturated carbocycles. The molecule has 3 aromatic rings. The maximum Gasteiger partial charge on any atom is 0.351 e. The van der Waals surface area contributed by atoms with Crippen LogP contribution >= 0.6 is 11.3 Å². The van der Waals surface area contributed by atoms with E-state index in [1.807, 2.05) is 55.5 Å². The van der Waals surface area contributed by atoms with Crippen LogP contribution in [0.5, 0.6) is 0 Å². The number of esters is 1. The summed E-state index contributed by atoms with van der Waals surface area (Å²) in [7, 11) is 0. The van der Waals surface area contributed by atoms with E-state index in [1.54, 1.807) is 13.8 Å². The van der Waals surface area contributed by atoms with E-state index in [1.165, 1.54) is 16.9 Å². The van der Waals surface area contributed by atoms with E-state index in [-0.39, 0.29) is 11.9 Å². The van der Waals surface area contributed by atoms with Crippen LogP contribution in [0, 0.1) is 6.92 Å². The van der Waals surface area contributed by atoms with Crippen molar-refractivity contribution in [1.82, 2.24) is 10.3 Å². The molecule has 5 nitrogen and oxygen atoms in total. The van der Waals surface area contributed by atoms with Crippen LogP contribution in [0.25, 0.3) is 10.6 Å². The zero-order valence-electron chi connectivity index (χ0n) is 17.4. The normalized spacial score (nSPS) is 12.8. The van der Waals surface area contributed by atoms with E-state index in [2.05, 4.69) is 22.4 Å². The Bertz CT molecular complexity index is 986. The molecule has 0 aliphatic carbocycles. The van der Waals surface area contributed by atoms with Crippen LogP contribution in [-0.4, -0.2) is 29.0 Å². The van der Waals surface area contributed by atoms with Crippen molar-refractivity contribution in [3.63, 3.8) is 0 Å². The van der Waals surface area contributed by atoms with Crippen molar-refractivity contribution in [2.75, 3.05) is 0 Å². The molecule has 3 rings (SSSR count). The smallest absolute Gasteiger partial charge is 0.351 e. The molecule has 1 aromatic heterocycles. The van der Waals surface area contributed by atoms with Gasteiger partial charge in [0.25, 0.3) is 5.91 Å². The largest absolute Gasteiger partial charge is 0.448 e. The highest BCUT2D eigenvalue weighted by atomic mass is 32.1. The van der Waals surface area contributed by atoms with Gasteiger partial charge in [0, 0.05) is 11.6 Å². The summed E-state index contributed by atoms with van der Waals surface area (Å²) in [6.45, 7) is 5.32. The first-order valence-electron chi connectivity index (χ1n) is 10.0. The Morgan fingerprint density at radius 2 is 1.67 bits per heavy atom. The highest BCUT2D eigenvalue weighted by Crippen LogP contribution is 2.28. The predicted octanol–water partition coefficient (Wildman–Crippen LogP) is 4.80. The lowest BCUT2D eigenvalue weighted by Crippen LogP contribution is -2.41. The number of nitrogens with zero attached hydrogens (tertiary/aromatic N) is 1. The maximum absolute atomic E-state index is 12.6. The van der Waals surface area contributed by atoms with Crippen molar-refractivity contribution >= 4 is 23.2 Å². The fraction of sp³-hybridized carbons (Fsp3) is 0.292. The number of hydrogen-bond acceptors (Lipinski definition) is 5. The fourth-order valence-electron chi connectivity index (χ4n) is 3.02. The topological polar surface area (TPSA) is 68.3 Å². The summed E-state index contributed by atoms with van der Waals surface area (Å²) in [5.41, 5.74) is 2.78. The van der Waals surface area contributed by atoms with Crippen LogP contribution in [0.3, 0.4) is 0 Å². The molecule has 1 N–H and O–H groups in total. The van der Waals surface area contributed by atoms with Crippen LogP contribution in [0.15, 0.2) is 60.7 Å². The van der Waals surface area contributed by atoms with Gasteiger partial charge in [-0.2, -0.15) is 0 Å². The van der Waals surface area contributed by atoms with Gasteiger partial charge in [-0.1, -0.05) is 60.7 Å². The lowest BCUT2D eigenvalue weighted by molar-refractivity contribution is -0.129. The van der Waals surface area contributed by atoms with Gasteiger partial charge in [-0.05, 0) is 39.2 Å². The Kier molecular flexibility index (Phi) is 7.36. The van der Waals surface area contributed by atoms with Crippen LogP contribution < -0.4 is 5.32 Å². The van der Waals surface area contributed by atoms with Gasteiger partial charge < -0.3 is 10.1 Å². The molecule has 1 heterocycles. The molecular weight excluding hydrogens is 396 g/mol. The second kappa shape index (κ2) is 10.2. The maximum atomic E-state index is 12.6. The first kappa shape index (κ1) is 21.7. The molecule has 0 fully saturated rings. The quantitative estimate of drug-likeness (QED) is 0.530. The second-order valence-corrected chi connectivity index (χ2v) is 8.28. The van der Waals surface area contributed by atoms with Gasteiger partial charge in [0.05, 0.1) is 5.69 Å². The molecule has 0 aliphatic heterocycles. The highest BCUT2D eigenvalue weighted by Gasteiger charge is 2.23. The van der Waals surface area contributed by atoms with E-state index in [0.717, 1.165) is 23.4 Å². The van der Waals surface area contributed by atoms with Gasteiger partial charge in [0.15, 0.2) is 6.10 Å². The molecule has 1 amide bonds. The Morgan fingerprint density at radius 1 is 1.03 bits per heavy atom. The molecule has 2 aromatic carbocycles. The van der Waals surface area contributed by atoms with Gasteiger partial charge >= 0.3 is 5.97 Å². The third-order valence-electron chi connectivity index (χ3n) is 4.75. The second-order valence-electron chi connectivity index (χ2n) is 7.28. The number of amides is 1. The summed E-state index contributed by atoms with van der Waals surface area (Å²) in [5, 5.41) is 3.68. The minimum atomic E-state index is -0.877. The summed E-state index contributed by atoms with van der Waals surface area (Å²) in [5.74, 6) is -0.818.